The van der Waals surface area contributed by atoms with Crippen molar-refractivity contribution in [2.75, 3.05) is 5.73 Å². The van der Waals surface area contributed by atoms with Gasteiger partial charge in [-0.15, -0.1) is 0 Å². The topological polar surface area (TPSA) is 95.6 Å². The normalized spacial score (nSPS) is 9.00. The summed E-state index contributed by atoms with van der Waals surface area (Å²) in [5.41, 5.74) is 5.41. The van der Waals surface area contributed by atoms with Crippen LogP contribution in [-0.2, 0) is 6.42 Å². The molecule has 0 radical (unpaired) electrons. The molecule has 5 nitrogen and oxygen atoms in total. The standard InChI is InChI=1S/C6H6N4O/c7-2-1-4-3-9-6(11)10-5(4)8/h3H,1H2,(H3,8,9,10,11). The fourth-order valence-corrected chi connectivity index (χ4v) is 0.660. The maximum absolute atomic E-state index is 10.5. The van der Waals surface area contributed by atoms with E-state index in [2.05, 4.69) is 9.97 Å². The van der Waals surface area contributed by atoms with E-state index in [-0.39, 0.29) is 12.2 Å². The highest BCUT2D eigenvalue weighted by atomic mass is 16.1. The van der Waals surface area contributed by atoms with Crippen LogP contribution in [0.2, 0.25) is 0 Å². The summed E-state index contributed by atoms with van der Waals surface area (Å²) in [6, 6.07) is 1.90. The molecule has 0 bridgehead atoms. The van der Waals surface area contributed by atoms with Gasteiger partial charge in [0.2, 0.25) is 0 Å². The largest absolute Gasteiger partial charge is 0.385 e. The van der Waals surface area contributed by atoms with Gasteiger partial charge in [-0.25, -0.2) is 9.78 Å². The molecule has 56 valence electrons. The molecule has 0 amide bonds. The Hall–Kier alpha value is -1.83. The van der Waals surface area contributed by atoms with Gasteiger partial charge < -0.3 is 5.73 Å². The molecular formula is C6H6N4O. The van der Waals surface area contributed by atoms with Gasteiger partial charge in [0.15, 0.2) is 0 Å². The molecule has 0 fully saturated rings. The molecule has 0 spiro atoms. The van der Waals surface area contributed by atoms with Crippen molar-refractivity contribution in [3.63, 3.8) is 0 Å². The van der Waals surface area contributed by atoms with E-state index in [4.69, 9.17) is 11.0 Å². The Kier molecular flexibility index (Phi) is 1.88. The zero-order valence-corrected chi connectivity index (χ0v) is 5.66. The summed E-state index contributed by atoms with van der Waals surface area (Å²) in [5, 5.41) is 8.29. The molecule has 0 aliphatic rings. The Balaban J connectivity index is 3.11. The third kappa shape index (κ3) is 1.55. The van der Waals surface area contributed by atoms with Crippen LogP contribution in [0.5, 0.6) is 0 Å². The Morgan fingerprint density at radius 2 is 2.55 bits per heavy atom. The number of H-pyrrole nitrogens is 1. The number of anilines is 1. The number of nitrogens with two attached hydrogens (primary N) is 1. The number of hydrogen-bond donors (Lipinski definition) is 2. The smallest absolute Gasteiger partial charge is 0.346 e. The van der Waals surface area contributed by atoms with E-state index in [1.54, 1.807) is 0 Å². The highest BCUT2D eigenvalue weighted by Crippen LogP contribution is 2.02. The maximum atomic E-state index is 10.5. The van der Waals surface area contributed by atoms with Crippen molar-refractivity contribution in [3.05, 3.63) is 22.2 Å². The van der Waals surface area contributed by atoms with Crippen molar-refractivity contribution in [1.82, 2.24) is 9.97 Å². The molecule has 0 saturated carbocycles. The van der Waals surface area contributed by atoms with Crippen LogP contribution >= 0.6 is 0 Å². The maximum Gasteiger partial charge on any atom is 0.346 e. The lowest BCUT2D eigenvalue weighted by molar-refractivity contribution is 1.04. The molecule has 0 aromatic carbocycles. The van der Waals surface area contributed by atoms with Crippen molar-refractivity contribution in [1.29, 1.82) is 5.26 Å². The lowest BCUT2D eigenvalue weighted by atomic mass is 10.2. The Bertz CT molecular complexity index is 348. The van der Waals surface area contributed by atoms with Gasteiger partial charge >= 0.3 is 5.69 Å². The predicted octanol–water partition coefficient (Wildman–Crippen LogP) is -0.582. The minimum atomic E-state index is -0.496. The molecule has 11 heavy (non-hydrogen) atoms. The van der Waals surface area contributed by atoms with Crippen LogP contribution in [-0.4, -0.2) is 9.97 Å². The zero-order chi connectivity index (χ0) is 8.27. The van der Waals surface area contributed by atoms with Crippen molar-refractivity contribution >= 4 is 5.82 Å². The van der Waals surface area contributed by atoms with E-state index in [0.717, 1.165) is 0 Å². The van der Waals surface area contributed by atoms with Crippen molar-refractivity contribution < 1.29 is 0 Å². The van der Waals surface area contributed by atoms with Gasteiger partial charge in [-0.2, -0.15) is 5.26 Å². The fourth-order valence-electron chi connectivity index (χ4n) is 0.660. The second-order valence-corrected chi connectivity index (χ2v) is 1.96. The van der Waals surface area contributed by atoms with E-state index in [0.29, 0.717) is 5.56 Å². The summed E-state index contributed by atoms with van der Waals surface area (Å²) < 4.78 is 0. The number of nitrogen functional groups attached to an aromatic ring is 1. The molecule has 0 unspecified atom stereocenters. The van der Waals surface area contributed by atoms with E-state index in [9.17, 15) is 4.79 Å². The van der Waals surface area contributed by atoms with E-state index in [1.165, 1.54) is 6.20 Å². The van der Waals surface area contributed by atoms with Crippen LogP contribution in [0.25, 0.3) is 0 Å². The van der Waals surface area contributed by atoms with Crippen LogP contribution in [0.15, 0.2) is 11.0 Å². The van der Waals surface area contributed by atoms with Gasteiger partial charge in [0.25, 0.3) is 0 Å². The van der Waals surface area contributed by atoms with Crippen molar-refractivity contribution in [3.8, 4) is 6.07 Å². The molecule has 0 saturated heterocycles. The molecule has 1 aromatic rings. The van der Waals surface area contributed by atoms with Crippen molar-refractivity contribution in [2.24, 2.45) is 0 Å². The van der Waals surface area contributed by atoms with E-state index in [1.807, 2.05) is 6.07 Å². The Morgan fingerprint density at radius 1 is 1.82 bits per heavy atom. The monoisotopic (exact) mass is 150 g/mol. The van der Waals surface area contributed by atoms with Gasteiger partial charge in [0.1, 0.15) is 5.82 Å². The number of aromatic nitrogens is 2. The van der Waals surface area contributed by atoms with Crippen LogP contribution in [0.1, 0.15) is 5.56 Å². The minimum absolute atomic E-state index is 0.162. The van der Waals surface area contributed by atoms with E-state index >= 15 is 0 Å². The second kappa shape index (κ2) is 2.84. The molecule has 1 aromatic heterocycles. The molecule has 3 N–H and O–H groups in total. The molecule has 5 heteroatoms. The number of nitrogens with one attached hydrogen (secondary N) is 1. The number of aromatic amines is 1. The molecule has 0 atom stereocenters. The number of hydrogen-bond acceptors (Lipinski definition) is 4. The third-order valence-corrected chi connectivity index (χ3v) is 1.19. The first-order valence-corrected chi connectivity index (χ1v) is 2.94. The van der Waals surface area contributed by atoms with Gasteiger partial charge in [-0.05, 0) is 0 Å². The predicted molar refractivity (Wildman–Crippen MR) is 38.6 cm³/mol. The first kappa shape index (κ1) is 7.28. The number of nitriles is 1. The Labute approximate surface area is 62.5 Å². The van der Waals surface area contributed by atoms with Crippen LogP contribution in [0, 0.1) is 11.3 Å². The van der Waals surface area contributed by atoms with Crippen molar-refractivity contribution in [2.45, 2.75) is 6.42 Å². The first-order valence-electron chi connectivity index (χ1n) is 2.94. The molecule has 1 heterocycles. The minimum Gasteiger partial charge on any atom is -0.385 e. The van der Waals surface area contributed by atoms with Gasteiger partial charge in [0.05, 0.1) is 12.5 Å². The average Bonchev–Trinajstić information content (AvgIpc) is 1.95. The highest BCUT2D eigenvalue weighted by molar-refractivity contribution is 5.37. The summed E-state index contributed by atoms with van der Waals surface area (Å²) >= 11 is 0. The van der Waals surface area contributed by atoms with Crippen LogP contribution < -0.4 is 11.4 Å². The molecule has 0 aliphatic carbocycles. The SMILES string of the molecule is N#CCc1cnc(=O)[nH]c1N. The van der Waals surface area contributed by atoms with Gasteiger partial charge in [-0.3, -0.25) is 4.98 Å². The third-order valence-electron chi connectivity index (χ3n) is 1.19. The molecule has 0 aliphatic heterocycles. The summed E-state index contributed by atoms with van der Waals surface area (Å²) in [7, 11) is 0. The Morgan fingerprint density at radius 3 is 3.09 bits per heavy atom. The summed E-state index contributed by atoms with van der Waals surface area (Å²) in [4.78, 5) is 16.2. The lowest BCUT2D eigenvalue weighted by Crippen LogP contribution is -2.13. The first-order chi connectivity index (χ1) is 5.24. The zero-order valence-electron chi connectivity index (χ0n) is 5.66. The van der Waals surface area contributed by atoms with Crippen LogP contribution in [0.4, 0.5) is 5.82 Å². The quantitative estimate of drug-likeness (QED) is 0.559. The second-order valence-electron chi connectivity index (χ2n) is 1.96. The average molecular weight is 150 g/mol. The highest BCUT2D eigenvalue weighted by Gasteiger charge is 1.98. The summed E-state index contributed by atoms with van der Waals surface area (Å²) in [5.74, 6) is 0.214. The van der Waals surface area contributed by atoms with Crippen LogP contribution in [0.3, 0.4) is 0 Å². The molecule has 1 rings (SSSR count). The van der Waals surface area contributed by atoms with Gasteiger partial charge in [0, 0.05) is 11.8 Å². The number of nitrogens with zero attached hydrogens (tertiary/aromatic N) is 2. The van der Waals surface area contributed by atoms with E-state index < -0.39 is 5.69 Å². The number of rotatable bonds is 1. The lowest BCUT2D eigenvalue weighted by Gasteiger charge is -1.96. The molecular weight excluding hydrogens is 144 g/mol. The summed E-state index contributed by atoms with van der Waals surface area (Å²) in [6.45, 7) is 0. The van der Waals surface area contributed by atoms with Gasteiger partial charge in [-0.1, -0.05) is 0 Å². The summed E-state index contributed by atoms with van der Waals surface area (Å²) in [6.07, 6.45) is 1.47. The fraction of sp³-hybridized carbons (Fsp3) is 0.167.